The molecular formula is C23H22N8O4. The molecule has 1 unspecified atom stereocenters. The van der Waals surface area contributed by atoms with Gasteiger partial charge in [0.2, 0.25) is 11.8 Å². The molecule has 1 aliphatic heterocycles. The number of fused-ring (bicyclic) bond motifs is 3. The summed E-state index contributed by atoms with van der Waals surface area (Å²) in [6.07, 6.45) is 3.12. The van der Waals surface area contributed by atoms with E-state index in [0.717, 1.165) is 0 Å². The van der Waals surface area contributed by atoms with Crippen LogP contribution in [0.15, 0.2) is 59.3 Å². The van der Waals surface area contributed by atoms with Crippen LogP contribution >= 0.6 is 0 Å². The molecule has 0 spiro atoms. The van der Waals surface area contributed by atoms with Crippen molar-refractivity contribution in [3.05, 3.63) is 60.5 Å². The fourth-order valence-corrected chi connectivity index (χ4v) is 4.22. The molecular weight excluding hydrogens is 452 g/mol. The number of carbonyl (C=O) groups is 1. The molecule has 178 valence electrons. The summed E-state index contributed by atoms with van der Waals surface area (Å²) >= 11 is 0. The van der Waals surface area contributed by atoms with E-state index in [1.807, 2.05) is 30.3 Å². The van der Waals surface area contributed by atoms with E-state index >= 15 is 0 Å². The number of hydrogen-bond donors (Lipinski definition) is 3. The van der Waals surface area contributed by atoms with Crippen molar-refractivity contribution in [1.29, 1.82) is 0 Å². The fraction of sp³-hybridized carbons (Fsp3) is 0.261. The number of nitrogen functional groups attached to an aromatic ring is 1. The van der Waals surface area contributed by atoms with Gasteiger partial charge in [-0.25, -0.2) is 9.67 Å². The van der Waals surface area contributed by atoms with E-state index in [9.17, 15) is 9.90 Å². The number of carbonyl (C=O) groups excluding carboxylic acids is 1. The molecule has 12 heteroatoms. The first-order valence-electron chi connectivity index (χ1n) is 11.0. The van der Waals surface area contributed by atoms with Gasteiger partial charge < -0.3 is 25.3 Å². The molecule has 1 aromatic carbocycles. The van der Waals surface area contributed by atoms with Crippen LogP contribution < -0.4 is 11.1 Å². The number of ether oxygens (including phenoxy) is 1. The highest BCUT2D eigenvalue weighted by atomic mass is 16.5. The molecule has 1 saturated heterocycles. The minimum Gasteiger partial charge on any atom is -0.461 e. The zero-order valence-corrected chi connectivity index (χ0v) is 18.8. The predicted octanol–water partition coefficient (Wildman–Crippen LogP) is 0.957. The maximum atomic E-state index is 13.7. The Kier molecular flexibility index (Phi) is 4.62. The number of nitrogens with two attached hydrogens (primary N) is 1. The number of nitrogens with zero attached hydrogens (tertiary/aromatic N) is 6. The van der Waals surface area contributed by atoms with Crippen LogP contribution in [0.25, 0.3) is 28.3 Å². The molecule has 1 atom stereocenters. The average Bonchev–Trinajstić information content (AvgIpc) is 3.60. The summed E-state index contributed by atoms with van der Waals surface area (Å²) in [6.45, 7) is 2.12. The third-order valence-corrected chi connectivity index (χ3v) is 6.29. The summed E-state index contributed by atoms with van der Waals surface area (Å²) in [6, 6.07) is 12.7. The Balaban J connectivity index is 1.50. The van der Waals surface area contributed by atoms with Crippen LogP contribution in [0.2, 0.25) is 0 Å². The first-order chi connectivity index (χ1) is 16.9. The molecule has 12 nitrogen and oxygen atoms in total. The number of anilines is 1. The predicted molar refractivity (Wildman–Crippen MR) is 124 cm³/mol. The molecule has 5 heterocycles. The molecule has 35 heavy (non-hydrogen) atoms. The van der Waals surface area contributed by atoms with Gasteiger partial charge >= 0.3 is 0 Å². The van der Waals surface area contributed by atoms with Gasteiger partial charge in [0.25, 0.3) is 5.91 Å². The summed E-state index contributed by atoms with van der Waals surface area (Å²) < 4.78 is 13.4. The maximum Gasteiger partial charge on any atom is 0.252 e. The number of aliphatic hydroxyl groups is 1. The second-order valence-electron chi connectivity index (χ2n) is 8.75. The Hall–Kier alpha value is -4.29. The number of benzene rings is 1. The van der Waals surface area contributed by atoms with Gasteiger partial charge in [-0.15, -0.1) is 5.10 Å². The summed E-state index contributed by atoms with van der Waals surface area (Å²) in [7, 11) is 0. The third kappa shape index (κ3) is 3.26. The monoisotopic (exact) mass is 474 g/mol. The lowest BCUT2D eigenvalue weighted by Gasteiger charge is -2.37. The molecule has 0 saturated carbocycles. The van der Waals surface area contributed by atoms with Crippen molar-refractivity contribution in [1.82, 2.24) is 34.7 Å². The lowest BCUT2D eigenvalue weighted by Crippen LogP contribution is -2.59. The number of rotatable bonds is 6. The average molecular weight is 474 g/mol. The summed E-state index contributed by atoms with van der Waals surface area (Å²) in [4.78, 5) is 22.8. The van der Waals surface area contributed by atoms with Crippen LogP contribution in [-0.2, 0) is 15.1 Å². The van der Waals surface area contributed by atoms with Crippen LogP contribution in [0.3, 0.4) is 0 Å². The second-order valence-corrected chi connectivity index (χ2v) is 8.75. The van der Waals surface area contributed by atoms with Crippen LogP contribution in [0, 0.1) is 0 Å². The van der Waals surface area contributed by atoms with Crippen LogP contribution in [-0.4, -0.2) is 65.7 Å². The Bertz CT molecular complexity index is 1540. The van der Waals surface area contributed by atoms with Gasteiger partial charge in [0, 0.05) is 0 Å². The minimum absolute atomic E-state index is 0.0456. The Morgan fingerprint density at radius 3 is 2.69 bits per heavy atom. The number of hydrogen-bond acceptors (Lipinski definition) is 9. The minimum atomic E-state index is -1.31. The largest absolute Gasteiger partial charge is 0.461 e. The first kappa shape index (κ1) is 21.3. The summed E-state index contributed by atoms with van der Waals surface area (Å²) in [5.74, 6) is 0.548. The zero-order valence-electron chi connectivity index (χ0n) is 18.8. The van der Waals surface area contributed by atoms with Crippen molar-refractivity contribution in [2.75, 3.05) is 25.5 Å². The van der Waals surface area contributed by atoms with E-state index in [2.05, 4.69) is 25.5 Å². The molecule has 4 aromatic heterocycles. The standard InChI is InChI=1S/C23H22N8O4/c1-22(14-6-3-2-4-7-14,20(32)25-11-23(33)12-34-13-23)31-19-15(10-26-31)18-27-17(16-8-5-9-35-16)29-30(18)21(24)28-19/h2-10,33H,11-13H2,1H3,(H2,24,28)(H,25,32). The van der Waals surface area contributed by atoms with Crippen molar-refractivity contribution < 1.29 is 19.1 Å². The van der Waals surface area contributed by atoms with Crippen molar-refractivity contribution in [3.8, 4) is 11.6 Å². The number of amides is 1. The highest BCUT2D eigenvalue weighted by Crippen LogP contribution is 2.32. The number of furan rings is 1. The normalized spacial score (nSPS) is 16.7. The molecule has 5 aromatic rings. The van der Waals surface area contributed by atoms with Crippen molar-refractivity contribution >= 4 is 28.5 Å². The van der Waals surface area contributed by atoms with Gasteiger partial charge in [0.1, 0.15) is 5.60 Å². The van der Waals surface area contributed by atoms with Gasteiger partial charge in [-0.2, -0.15) is 14.6 Å². The van der Waals surface area contributed by atoms with Crippen molar-refractivity contribution in [2.24, 2.45) is 0 Å². The lowest BCUT2D eigenvalue weighted by atomic mass is 9.90. The lowest BCUT2D eigenvalue weighted by molar-refractivity contribution is -0.176. The van der Waals surface area contributed by atoms with Gasteiger partial charge in [-0.1, -0.05) is 30.3 Å². The Labute approximate surface area is 198 Å². The molecule has 1 aliphatic rings. The van der Waals surface area contributed by atoms with Gasteiger partial charge in [-0.3, -0.25) is 4.79 Å². The molecule has 0 radical (unpaired) electrons. The van der Waals surface area contributed by atoms with E-state index in [4.69, 9.17) is 14.9 Å². The van der Waals surface area contributed by atoms with Crippen molar-refractivity contribution in [3.63, 3.8) is 0 Å². The third-order valence-electron chi connectivity index (χ3n) is 6.29. The molecule has 6 rings (SSSR count). The molecule has 0 aliphatic carbocycles. The van der Waals surface area contributed by atoms with Gasteiger partial charge in [0.05, 0.1) is 37.6 Å². The second kappa shape index (κ2) is 7.61. The number of aromatic nitrogens is 6. The van der Waals surface area contributed by atoms with E-state index < -0.39 is 11.1 Å². The Morgan fingerprint density at radius 1 is 1.20 bits per heavy atom. The van der Waals surface area contributed by atoms with E-state index in [0.29, 0.717) is 33.8 Å². The van der Waals surface area contributed by atoms with E-state index in [1.165, 1.54) is 15.5 Å². The van der Waals surface area contributed by atoms with Gasteiger partial charge in [0.15, 0.2) is 22.6 Å². The molecule has 1 fully saturated rings. The fourth-order valence-electron chi connectivity index (χ4n) is 4.22. The smallest absolute Gasteiger partial charge is 0.252 e. The molecule has 0 bridgehead atoms. The van der Waals surface area contributed by atoms with E-state index in [1.54, 1.807) is 25.3 Å². The summed E-state index contributed by atoms with van der Waals surface area (Å²) in [5.41, 5.74) is 5.32. The highest BCUT2D eigenvalue weighted by molar-refractivity contribution is 5.94. The Morgan fingerprint density at radius 2 is 2.00 bits per heavy atom. The summed E-state index contributed by atoms with van der Waals surface area (Å²) in [5, 5.41) is 22.8. The van der Waals surface area contributed by atoms with E-state index in [-0.39, 0.29) is 31.6 Å². The highest BCUT2D eigenvalue weighted by Gasteiger charge is 2.43. The first-order valence-corrected chi connectivity index (χ1v) is 11.0. The maximum absolute atomic E-state index is 13.7. The van der Waals surface area contributed by atoms with Gasteiger partial charge in [-0.05, 0) is 24.6 Å². The van der Waals surface area contributed by atoms with Crippen molar-refractivity contribution in [2.45, 2.75) is 18.1 Å². The molecule has 1 amide bonds. The SMILES string of the molecule is CC(C(=O)NCC1(O)COC1)(c1ccccc1)n1ncc2c1nc(N)n1nc(-c3ccco3)nc21. The number of nitrogens with one attached hydrogen (secondary N) is 1. The topological polar surface area (TPSA) is 159 Å². The zero-order chi connectivity index (χ0) is 24.2. The van der Waals surface area contributed by atoms with Crippen LogP contribution in [0.4, 0.5) is 5.95 Å². The van der Waals surface area contributed by atoms with Crippen LogP contribution in [0.5, 0.6) is 0 Å². The quantitative estimate of drug-likeness (QED) is 0.326. The van der Waals surface area contributed by atoms with Crippen LogP contribution in [0.1, 0.15) is 12.5 Å². The molecule has 4 N–H and O–H groups in total.